The van der Waals surface area contributed by atoms with Crippen LogP contribution in [0.3, 0.4) is 0 Å². The Morgan fingerprint density at radius 1 is 0.396 bits per heavy atom. The van der Waals surface area contributed by atoms with Gasteiger partial charge in [-0.1, -0.05) is 181 Å². The Hall–Kier alpha value is -0.0900. The lowest BCUT2D eigenvalue weighted by Gasteiger charge is -2.17. The lowest BCUT2D eigenvalue weighted by molar-refractivity contribution is 0.125. The number of unbranched alkanes of at least 4 members (excludes halogenated alkanes) is 26. The molecule has 6 N–H and O–H groups in total. The van der Waals surface area contributed by atoms with Crippen LogP contribution in [0.5, 0.6) is 0 Å². The van der Waals surface area contributed by atoms with Crippen molar-refractivity contribution < 1.29 is 39.3 Å². The fourth-order valence-electron chi connectivity index (χ4n) is 5.66. The highest BCUT2D eigenvalue weighted by atomic mass is 31.2. The largest absolute Gasteiger partial charge is 0.466 e. The summed E-state index contributed by atoms with van der Waals surface area (Å²) in [4.78, 5) is 23.4. The highest BCUT2D eigenvalue weighted by Crippen LogP contribution is 2.25. The van der Waals surface area contributed by atoms with Gasteiger partial charge < -0.3 is 34.7 Å². The second-order valence-electron chi connectivity index (χ2n) is 13.3. The van der Waals surface area contributed by atoms with Crippen molar-refractivity contribution in [1.29, 1.82) is 0 Å². The van der Waals surface area contributed by atoms with Gasteiger partial charge in [0.05, 0.1) is 19.8 Å². The van der Waals surface area contributed by atoms with Crippen LogP contribution in [0.1, 0.15) is 194 Å². The Morgan fingerprint density at radius 3 is 0.771 bits per heavy atom. The Kier molecular flexibility index (Phi) is 51.1. The van der Waals surface area contributed by atoms with E-state index in [1.807, 2.05) is 0 Å². The molecule has 0 bridgehead atoms. The average Bonchev–Trinajstić information content (AvgIpc) is 3.04. The summed E-state index contributed by atoms with van der Waals surface area (Å²) in [6, 6.07) is 0. The van der Waals surface area contributed by atoms with Crippen molar-refractivity contribution in [3.63, 3.8) is 0 Å². The summed E-state index contributed by atoms with van der Waals surface area (Å²) in [5, 5.41) is 25.5. The third kappa shape index (κ3) is 61.2. The van der Waals surface area contributed by atoms with E-state index in [-0.39, 0.29) is 19.8 Å². The zero-order valence-corrected chi connectivity index (χ0v) is 32.7. The van der Waals surface area contributed by atoms with Gasteiger partial charge in [0.15, 0.2) is 0 Å². The first-order chi connectivity index (χ1) is 23.3. The third-order valence-corrected chi connectivity index (χ3v) is 8.53. The molecular formula is C38H84NO8P. The lowest BCUT2D eigenvalue weighted by Crippen LogP contribution is -2.32. The van der Waals surface area contributed by atoms with E-state index in [2.05, 4.69) is 13.8 Å². The van der Waals surface area contributed by atoms with Gasteiger partial charge in [-0.2, -0.15) is 0 Å². The summed E-state index contributed by atoms with van der Waals surface area (Å²) in [5.41, 5.74) is 0. The molecule has 0 aromatic rings. The molecule has 10 heteroatoms. The molecule has 48 heavy (non-hydrogen) atoms. The number of phosphoric acid groups is 1. The molecule has 0 atom stereocenters. The van der Waals surface area contributed by atoms with Gasteiger partial charge in [-0.3, -0.25) is 4.90 Å². The van der Waals surface area contributed by atoms with E-state index in [1.165, 1.54) is 180 Å². The molecule has 294 valence electrons. The van der Waals surface area contributed by atoms with Crippen molar-refractivity contribution >= 4 is 7.82 Å². The van der Waals surface area contributed by atoms with Crippen LogP contribution in [0.2, 0.25) is 0 Å². The molecule has 0 rings (SSSR count). The van der Waals surface area contributed by atoms with E-state index in [0.717, 1.165) is 13.2 Å². The second kappa shape index (κ2) is 46.9. The number of aliphatic hydroxyl groups excluding tert-OH is 3. The summed E-state index contributed by atoms with van der Waals surface area (Å²) in [7, 11) is -4.64. The van der Waals surface area contributed by atoms with Crippen molar-refractivity contribution in [3.8, 4) is 0 Å². The van der Waals surface area contributed by atoms with E-state index in [1.54, 1.807) is 4.90 Å². The Morgan fingerprint density at radius 2 is 0.583 bits per heavy atom. The van der Waals surface area contributed by atoms with Crippen molar-refractivity contribution in [2.45, 2.75) is 194 Å². The maximum Gasteiger partial charge on any atom is 0.466 e. The zero-order chi connectivity index (χ0) is 36.2. The van der Waals surface area contributed by atoms with Gasteiger partial charge in [-0.05, 0) is 12.8 Å². The van der Waals surface area contributed by atoms with Gasteiger partial charge in [0.25, 0.3) is 0 Å². The smallest absolute Gasteiger partial charge is 0.395 e. The molecule has 0 fully saturated rings. The average molecular weight is 714 g/mol. The van der Waals surface area contributed by atoms with E-state index < -0.39 is 7.82 Å². The Balaban J connectivity index is -0.00000111. The first kappa shape index (κ1) is 52.3. The molecule has 0 spiro atoms. The van der Waals surface area contributed by atoms with Gasteiger partial charge >= 0.3 is 7.82 Å². The second-order valence-corrected chi connectivity index (χ2v) is 14.4. The van der Waals surface area contributed by atoms with Crippen molar-refractivity contribution in [2.75, 3.05) is 52.7 Å². The van der Waals surface area contributed by atoms with Gasteiger partial charge in [0, 0.05) is 32.8 Å². The van der Waals surface area contributed by atoms with Crippen LogP contribution in [0, 0.1) is 0 Å². The van der Waals surface area contributed by atoms with Crippen LogP contribution in [0.4, 0.5) is 0 Å². The first-order valence-electron chi connectivity index (χ1n) is 20.2. The number of rotatable bonds is 36. The Labute approximate surface area is 297 Å². The van der Waals surface area contributed by atoms with Crippen LogP contribution in [0.25, 0.3) is 0 Å². The molecule has 0 saturated carbocycles. The fourth-order valence-corrected chi connectivity index (χ4v) is 5.66. The molecule has 0 radical (unpaired) electrons. The van der Waals surface area contributed by atoms with Crippen LogP contribution < -0.4 is 0 Å². The topological polar surface area (TPSA) is 151 Å². The van der Waals surface area contributed by atoms with Crippen molar-refractivity contribution in [1.82, 2.24) is 4.90 Å². The molecule has 0 saturated heterocycles. The summed E-state index contributed by atoms with van der Waals surface area (Å²) < 4.78 is 14.7. The van der Waals surface area contributed by atoms with Crippen LogP contribution in [0.15, 0.2) is 0 Å². The minimum absolute atomic E-state index is 0.0694. The van der Waals surface area contributed by atoms with Crippen LogP contribution in [-0.2, 0) is 9.30 Å². The first-order valence-corrected chi connectivity index (χ1v) is 21.7. The molecular weight excluding hydrogens is 629 g/mol. The zero-order valence-electron chi connectivity index (χ0n) is 31.9. The number of aliphatic hydroxyl groups is 3. The molecule has 9 nitrogen and oxygen atoms in total. The van der Waals surface area contributed by atoms with E-state index in [9.17, 15) is 0 Å². The molecule has 0 aromatic carbocycles. The highest BCUT2D eigenvalue weighted by Gasteiger charge is 2.01. The van der Waals surface area contributed by atoms with Crippen molar-refractivity contribution in [2.24, 2.45) is 0 Å². The lowest BCUT2D eigenvalue weighted by atomic mass is 10.0. The molecule has 0 aliphatic heterocycles. The maximum absolute atomic E-state index is 8.88. The maximum atomic E-state index is 8.88. The van der Waals surface area contributed by atoms with Gasteiger partial charge in [-0.25, -0.2) is 4.57 Å². The quantitative estimate of drug-likeness (QED) is 0.0276. The third-order valence-electron chi connectivity index (χ3n) is 8.53. The summed E-state index contributed by atoms with van der Waals surface area (Å²) in [6.45, 7) is 8.35. The number of hydrogen-bond acceptors (Lipinski definition) is 6. The predicted molar refractivity (Wildman–Crippen MR) is 203 cm³/mol. The molecule has 0 heterocycles. The standard InChI is InChI=1S/C32H66O.C6H15NO3.H3O4P/c1-3-5-7-9-11-13-15-17-19-21-23-25-27-29-31-33-32-30-28-26-24-22-20-18-16-14-12-10-8-6-4-2;8-4-1-7(2-5-9)3-6-10;1-5(2,3)4/h3-32H2,1-2H3;8-10H,1-6H2;(H3,1,2,3,4). The molecule has 0 aromatic heterocycles. The highest BCUT2D eigenvalue weighted by molar-refractivity contribution is 7.45. The summed E-state index contributed by atoms with van der Waals surface area (Å²) >= 11 is 0. The predicted octanol–water partition coefficient (Wildman–Crippen LogP) is 9.30. The van der Waals surface area contributed by atoms with Crippen LogP contribution >= 0.6 is 7.82 Å². The van der Waals surface area contributed by atoms with Gasteiger partial charge in [0.2, 0.25) is 0 Å². The Bertz CT molecular complexity index is 545. The van der Waals surface area contributed by atoms with Crippen molar-refractivity contribution in [3.05, 3.63) is 0 Å². The van der Waals surface area contributed by atoms with E-state index in [4.69, 9.17) is 39.3 Å². The number of nitrogens with zero attached hydrogens (tertiary/aromatic N) is 1. The van der Waals surface area contributed by atoms with Gasteiger partial charge in [-0.15, -0.1) is 0 Å². The van der Waals surface area contributed by atoms with Crippen LogP contribution in [-0.4, -0.2) is 87.6 Å². The van der Waals surface area contributed by atoms with E-state index >= 15 is 0 Å². The fraction of sp³-hybridized carbons (Fsp3) is 1.00. The normalized spacial score (nSPS) is 11.4. The minimum Gasteiger partial charge on any atom is -0.395 e. The summed E-state index contributed by atoms with van der Waals surface area (Å²) in [5.74, 6) is 0. The molecule has 0 aliphatic rings. The monoisotopic (exact) mass is 714 g/mol. The van der Waals surface area contributed by atoms with E-state index in [0.29, 0.717) is 19.6 Å². The number of ether oxygens (including phenoxy) is 1. The number of hydrogen-bond donors (Lipinski definition) is 6. The summed E-state index contributed by atoms with van der Waals surface area (Å²) in [6.07, 6.45) is 40.1. The molecule has 0 amide bonds. The molecule has 0 unspecified atom stereocenters. The molecule has 0 aliphatic carbocycles. The minimum atomic E-state index is -4.64. The van der Waals surface area contributed by atoms with Gasteiger partial charge in [0.1, 0.15) is 0 Å². The SMILES string of the molecule is CCCCCCCCCCCCCCCCOCCCCCCCCCCCCCCCC.O=P(O)(O)O.OCCN(CCO)CCO.